The molecule has 5 nitrogen and oxygen atoms in total. The van der Waals surface area contributed by atoms with Gasteiger partial charge in [-0.1, -0.05) is 55.9 Å². The number of hydrogen-bond donors (Lipinski definition) is 0. The molecule has 0 heterocycles. The number of thioether (sulfide) groups is 1. The third-order valence-electron chi connectivity index (χ3n) is 4.60. The van der Waals surface area contributed by atoms with Gasteiger partial charge in [-0.05, 0) is 39.7 Å². The number of esters is 1. The van der Waals surface area contributed by atoms with Crippen LogP contribution >= 0.6 is 24.0 Å². The van der Waals surface area contributed by atoms with Crippen molar-refractivity contribution in [1.82, 2.24) is 4.90 Å². The first kappa shape index (κ1) is 25.1. The fraction of sp³-hybridized carbons (Fsp3) is 0.545. The molecule has 1 rings (SSSR count). The Labute approximate surface area is 183 Å². The number of nitriles is 1. The van der Waals surface area contributed by atoms with Crippen LogP contribution in [0.15, 0.2) is 30.3 Å². The van der Waals surface area contributed by atoms with Crippen molar-refractivity contribution in [1.29, 1.82) is 5.26 Å². The van der Waals surface area contributed by atoms with Gasteiger partial charge in [-0.3, -0.25) is 4.79 Å². The predicted octanol–water partition coefficient (Wildman–Crippen LogP) is 4.75. The van der Waals surface area contributed by atoms with Crippen LogP contribution in [0.3, 0.4) is 0 Å². The van der Waals surface area contributed by atoms with E-state index >= 15 is 0 Å². The molecule has 0 spiro atoms. The third-order valence-corrected chi connectivity index (χ3v) is 6.18. The highest BCUT2D eigenvalue weighted by Crippen LogP contribution is 2.38. The van der Waals surface area contributed by atoms with Crippen LogP contribution in [-0.4, -0.2) is 38.3 Å². The van der Waals surface area contributed by atoms with Crippen LogP contribution in [0.1, 0.15) is 53.0 Å². The Morgan fingerprint density at radius 1 is 1.28 bits per heavy atom. The highest BCUT2D eigenvalue weighted by molar-refractivity contribution is 8.26. The zero-order chi connectivity index (χ0) is 22.0. The molecule has 0 saturated carbocycles. The molecule has 0 N–H and O–H groups in total. The van der Waals surface area contributed by atoms with Crippen molar-refractivity contribution >= 4 is 40.1 Å². The molecule has 0 aliphatic rings. The van der Waals surface area contributed by atoms with Gasteiger partial charge in [-0.2, -0.15) is 5.26 Å². The number of carbonyl (C=O) groups excluding carboxylic acids is 2. The molecule has 0 bridgehead atoms. The molecule has 1 aromatic carbocycles. The van der Waals surface area contributed by atoms with Crippen LogP contribution in [0.25, 0.3) is 0 Å². The third kappa shape index (κ3) is 7.79. The van der Waals surface area contributed by atoms with Crippen molar-refractivity contribution in [3.63, 3.8) is 0 Å². The van der Waals surface area contributed by atoms with Crippen molar-refractivity contribution in [2.24, 2.45) is 5.92 Å². The highest BCUT2D eigenvalue weighted by atomic mass is 32.2. The van der Waals surface area contributed by atoms with Gasteiger partial charge in [0.15, 0.2) is 4.20 Å². The quantitative estimate of drug-likeness (QED) is 0.317. The van der Waals surface area contributed by atoms with Crippen molar-refractivity contribution in [2.75, 3.05) is 6.54 Å². The van der Waals surface area contributed by atoms with Gasteiger partial charge in [0.05, 0.1) is 12.0 Å². The minimum absolute atomic E-state index is 0.0427. The topological polar surface area (TPSA) is 70.4 Å². The second kappa shape index (κ2) is 11.9. The van der Waals surface area contributed by atoms with Crippen LogP contribution < -0.4 is 0 Å². The maximum absolute atomic E-state index is 13.2. The molecule has 29 heavy (non-hydrogen) atoms. The van der Waals surface area contributed by atoms with E-state index in [1.807, 2.05) is 65.0 Å². The summed E-state index contributed by atoms with van der Waals surface area (Å²) in [5.41, 5.74) is 0.885. The highest BCUT2D eigenvalue weighted by Gasteiger charge is 2.40. The van der Waals surface area contributed by atoms with Gasteiger partial charge >= 0.3 is 5.97 Å². The summed E-state index contributed by atoms with van der Waals surface area (Å²) in [6.07, 6.45) is 1.46. The van der Waals surface area contributed by atoms with E-state index in [2.05, 4.69) is 6.07 Å². The van der Waals surface area contributed by atoms with Gasteiger partial charge in [0.25, 0.3) is 0 Å². The van der Waals surface area contributed by atoms with Crippen LogP contribution in [-0.2, 0) is 20.9 Å². The molecule has 1 amide bonds. The van der Waals surface area contributed by atoms with Gasteiger partial charge in [-0.25, -0.2) is 4.79 Å². The zero-order valence-corrected chi connectivity index (χ0v) is 19.4. The first-order chi connectivity index (χ1) is 13.6. The predicted molar refractivity (Wildman–Crippen MR) is 121 cm³/mol. The maximum Gasteiger partial charge on any atom is 0.356 e. The molecule has 1 atom stereocenters. The van der Waals surface area contributed by atoms with Crippen LogP contribution in [0.5, 0.6) is 0 Å². The Morgan fingerprint density at radius 2 is 1.90 bits per heavy atom. The lowest BCUT2D eigenvalue weighted by molar-refractivity contribution is -0.138. The van der Waals surface area contributed by atoms with Gasteiger partial charge in [0.1, 0.15) is 13.2 Å². The first-order valence-corrected chi connectivity index (χ1v) is 11.0. The molecule has 7 heteroatoms. The van der Waals surface area contributed by atoms with E-state index < -0.39 is 10.7 Å². The van der Waals surface area contributed by atoms with E-state index in [9.17, 15) is 9.59 Å². The summed E-state index contributed by atoms with van der Waals surface area (Å²) < 4.78 is 4.82. The average molecular weight is 435 g/mol. The Balaban J connectivity index is 2.85. The number of ether oxygens (including phenoxy) is 1. The second-order valence-electron chi connectivity index (χ2n) is 7.61. The first-order valence-electron chi connectivity index (χ1n) is 9.75. The second-order valence-corrected chi connectivity index (χ2v) is 9.95. The fourth-order valence-electron chi connectivity index (χ4n) is 2.98. The summed E-state index contributed by atoms with van der Waals surface area (Å²) >= 11 is 6.51. The summed E-state index contributed by atoms with van der Waals surface area (Å²) in [5, 5.41) is 9.09. The zero-order valence-electron chi connectivity index (χ0n) is 17.8. The molecule has 0 radical (unpaired) electrons. The number of rotatable bonds is 9. The summed E-state index contributed by atoms with van der Waals surface area (Å²) in [6, 6.07) is 11.4. The van der Waals surface area contributed by atoms with Crippen LogP contribution in [0.4, 0.5) is 0 Å². The molecule has 158 valence electrons. The summed E-state index contributed by atoms with van der Waals surface area (Å²) in [4.78, 5) is 27.1. The van der Waals surface area contributed by atoms with E-state index in [-0.39, 0.29) is 35.2 Å². The van der Waals surface area contributed by atoms with Crippen molar-refractivity contribution in [2.45, 2.75) is 64.9 Å². The van der Waals surface area contributed by atoms with Gasteiger partial charge in [0.2, 0.25) is 5.91 Å². The molecule has 0 aromatic heterocycles. The van der Waals surface area contributed by atoms with Gasteiger partial charge in [0, 0.05) is 10.8 Å². The number of amides is 1. The largest absolute Gasteiger partial charge is 0.456 e. The molecule has 0 aliphatic heterocycles. The summed E-state index contributed by atoms with van der Waals surface area (Å²) in [6.45, 7) is 9.82. The van der Waals surface area contributed by atoms with Crippen molar-refractivity contribution < 1.29 is 14.3 Å². The monoisotopic (exact) mass is 434 g/mol. The van der Waals surface area contributed by atoms with Gasteiger partial charge < -0.3 is 9.64 Å². The average Bonchev–Trinajstić information content (AvgIpc) is 2.67. The smallest absolute Gasteiger partial charge is 0.356 e. The molecule has 1 unspecified atom stereocenters. The molecule has 0 aliphatic carbocycles. The summed E-state index contributed by atoms with van der Waals surface area (Å²) in [5.74, 6) is -1.00. The Morgan fingerprint density at radius 3 is 2.41 bits per heavy atom. The Hall–Kier alpha value is -1.91. The lowest BCUT2D eigenvalue weighted by Gasteiger charge is -2.37. The number of nitrogens with zero attached hydrogens (tertiary/aromatic N) is 2. The Bertz CT molecular complexity index is 742. The molecule has 0 saturated heterocycles. The SMILES string of the molecule is CCCC(C(=O)N(CC#N)C(C)C)C(C)(C)SC(=S)C(=O)OCc1ccccc1. The molecular formula is C22H30N2O3S2. The lowest BCUT2D eigenvalue weighted by atomic mass is 9.88. The maximum atomic E-state index is 13.2. The van der Waals surface area contributed by atoms with Crippen molar-refractivity contribution in [3.8, 4) is 6.07 Å². The van der Waals surface area contributed by atoms with Crippen LogP contribution in [0.2, 0.25) is 0 Å². The number of benzene rings is 1. The van der Waals surface area contributed by atoms with E-state index in [0.29, 0.717) is 6.42 Å². The minimum atomic E-state index is -0.613. The van der Waals surface area contributed by atoms with E-state index in [4.69, 9.17) is 22.2 Å². The van der Waals surface area contributed by atoms with E-state index in [0.717, 1.165) is 12.0 Å². The molecule has 1 aromatic rings. The van der Waals surface area contributed by atoms with E-state index in [1.54, 1.807) is 4.90 Å². The van der Waals surface area contributed by atoms with Crippen molar-refractivity contribution in [3.05, 3.63) is 35.9 Å². The minimum Gasteiger partial charge on any atom is -0.456 e. The standard InChI is InChI=1S/C22H30N2O3S2/c1-6-10-18(19(25)24(14-13-23)16(2)3)22(4,5)29-21(28)20(26)27-15-17-11-8-7-9-12-17/h7-9,11-12,16,18H,6,10,14-15H2,1-5H3. The molecular weight excluding hydrogens is 404 g/mol. The lowest BCUT2D eigenvalue weighted by Crippen LogP contribution is -2.47. The Kier molecular flexibility index (Phi) is 10.3. The van der Waals surface area contributed by atoms with Gasteiger partial charge in [-0.15, -0.1) is 11.8 Å². The number of hydrogen-bond acceptors (Lipinski definition) is 6. The number of carbonyl (C=O) groups is 2. The van der Waals surface area contributed by atoms with E-state index in [1.165, 1.54) is 11.8 Å². The summed E-state index contributed by atoms with van der Waals surface area (Å²) in [7, 11) is 0. The van der Waals surface area contributed by atoms with Crippen LogP contribution in [0, 0.1) is 17.2 Å². The molecule has 0 fully saturated rings. The fourth-order valence-corrected chi connectivity index (χ4v) is 4.67. The normalized spacial score (nSPS) is 12.2. The number of thiocarbonyl (C=S) groups is 1.